The molecule has 2 aromatic heterocycles. The van der Waals surface area contributed by atoms with Crippen LogP contribution in [0.4, 0.5) is 13.2 Å². The molecule has 7 heteroatoms. The summed E-state index contributed by atoms with van der Waals surface area (Å²) in [4.78, 5) is 21.7. The molecule has 0 atom stereocenters. The molecule has 4 rings (SSSR count). The Bertz CT molecular complexity index is 1200. The van der Waals surface area contributed by atoms with E-state index in [1.807, 2.05) is 30.3 Å². The maximum atomic E-state index is 13.1. The standard InChI is InChI=1S/C21H14F3N3O/c22-21(23,24)15-8-4-9-16(13-15)27-19-17(10-5-11-25-19)26-18(20(27)28)12-14-6-2-1-3-7-14/h1-11,13H,12H2. The van der Waals surface area contributed by atoms with Crippen LogP contribution in [0.2, 0.25) is 0 Å². The minimum absolute atomic E-state index is 0.0974. The van der Waals surface area contributed by atoms with Crippen LogP contribution in [0.3, 0.4) is 0 Å². The monoisotopic (exact) mass is 381 g/mol. The lowest BCUT2D eigenvalue weighted by molar-refractivity contribution is -0.137. The van der Waals surface area contributed by atoms with Crippen LogP contribution in [0, 0.1) is 0 Å². The van der Waals surface area contributed by atoms with Gasteiger partial charge in [0.25, 0.3) is 5.56 Å². The van der Waals surface area contributed by atoms with E-state index in [1.165, 1.54) is 22.9 Å². The third kappa shape index (κ3) is 3.38. The van der Waals surface area contributed by atoms with E-state index in [0.717, 1.165) is 17.7 Å². The number of hydrogen-bond donors (Lipinski definition) is 0. The fourth-order valence-electron chi connectivity index (χ4n) is 3.03. The minimum atomic E-state index is -4.51. The van der Waals surface area contributed by atoms with Crippen molar-refractivity contribution in [2.24, 2.45) is 0 Å². The highest BCUT2D eigenvalue weighted by Gasteiger charge is 2.30. The van der Waals surface area contributed by atoms with Gasteiger partial charge in [0.15, 0.2) is 5.65 Å². The third-order valence-electron chi connectivity index (χ3n) is 4.33. The normalized spacial score (nSPS) is 11.7. The van der Waals surface area contributed by atoms with E-state index in [2.05, 4.69) is 9.97 Å². The highest BCUT2D eigenvalue weighted by atomic mass is 19.4. The molecule has 0 aliphatic heterocycles. The van der Waals surface area contributed by atoms with Gasteiger partial charge >= 0.3 is 6.18 Å². The van der Waals surface area contributed by atoms with Crippen LogP contribution < -0.4 is 5.56 Å². The van der Waals surface area contributed by atoms with Gasteiger partial charge in [0.1, 0.15) is 11.2 Å². The van der Waals surface area contributed by atoms with E-state index in [1.54, 1.807) is 12.1 Å². The molecule has 140 valence electrons. The Morgan fingerprint density at radius 3 is 2.46 bits per heavy atom. The number of hydrogen-bond acceptors (Lipinski definition) is 3. The molecule has 0 amide bonds. The Morgan fingerprint density at radius 1 is 0.929 bits per heavy atom. The molecule has 0 radical (unpaired) electrons. The Kier molecular flexibility index (Phi) is 4.43. The molecular formula is C21H14F3N3O. The zero-order valence-corrected chi connectivity index (χ0v) is 14.5. The maximum Gasteiger partial charge on any atom is 0.416 e. The molecule has 0 spiro atoms. The Hall–Kier alpha value is -3.48. The number of nitrogens with zero attached hydrogens (tertiary/aromatic N) is 3. The molecule has 0 saturated carbocycles. The fourth-order valence-corrected chi connectivity index (χ4v) is 3.03. The van der Waals surface area contributed by atoms with Crippen LogP contribution in [0.1, 0.15) is 16.8 Å². The lowest BCUT2D eigenvalue weighted by Gasteiger charge is -2.13. The molecule has 0 aliphatic rings. The van der Waals surface area contributed by atoms with Gasteiger partial charge in [-0.05, 0) is 35.9 Å². The Labute approximate surface area is 157 Å². The topological polar surface area (TPSA) is 47.8 Å². The molecule has 0 bridgehead atoms. The van der Waals surface area contributed by atoms with Crippen LogP contribution in [-0.4, -0.2) is 14.5 Å². The number of pyridine rings is 1. The lowest BCUT2D eigenvalue weighted by atomic mass is 10.1. The SMILES string of the molecule is O=c1c(Cc2ccccc2)nc2cccnc2n1-c1cccc(C(F)(F)F)c1. The summed E-state index contributed by atoms with van der Waals surface area (Å²) in [6.07, 6.45) is -2.77. The van der Waals surface area contributed by atoms with E-state index in [-0.39, 0.29) is 23.4 Å². The lowest BCUT2D eigenvalue weighted by Crippen LogP contribution is -2.25. The predicted molar refractivity (Wildman–Crippen MR) is 99.4 cm³/mol. The summed E-state index contributed by atoms with van der Waals surface area (Å²) in [7, 11) is 0. The van der Waals surface area contributed by atoms with Gasteiger partial charge in [-0.25, -0.2) is 9.97 Å². The van der Waals surface area contributed by atoms with Gasteiger partial charge in [0, 0.05) is 12.6 Å². The number of aromatic nitrogens is 3. The first-order valence-electron chi connectivity index (χ1n) is 8.52. The first-order chi connectivity index (χ1) is 13.4. The summed E-state index contributed by atoms with van der Waals surface area (Å²) >= 11 is 0. The van der Waals surface area contributed by atoms with Crippen LogP contribution in [0.25, 0.3) is 16.9 Å². The van der Waals surface area contributed by atoms with Gasteiger partial charge in [0.2, 0.25) is 0 Å². The fraction of sp³-hybridized carbons (Fsp3) is 0.0952. The Balaban J connectivity index is 1.95. The molecule has 0 N–H and O–H groups in total. The van der Waals surface area contributed by atoms with Gasteiger partial charge in [0.05, 0.1) is 11.3 Å². The summed E-state index contributed by atoms with van der Waals surface area (Å²) in [6.45, 7) is 0. The smallest absolute Gasteiger partial charge is 0.267 e. The second-order valence-corrected chi connectivity index (χ2v) is 6.26. The van der Waals surface area contributed by atoms with E-state index in [4.69, 9.17) is 0 Å². The highest BCUT2D eigenvalue weighted by molar-refractivity contribution is 5.72. The summed E-state index contributed by atoms with van der Waals surface area (Å²) in [6, 6.07) is 17.3. The Morgan fingerprint density at radius 2 is 1.71 bits per heavy atom. The average molecular weight is 381 g/mol. The van der Waals surface area contributed by atoms with E-state index in [0.29, 0.717) is 5.52 Å². The molecule has 0 fully saturated rings. The summed E-state index contributed by atoms with van der Waals surface area (Å²) < 4.78 is 40.6. The van der Waals surface area contributed by atoms with Crippen LogP contribution in [-0.2, 0) is 12.6 Å². The molecule has 2 aromatic carbocycles. The third-order valence-corrected chi connectivity index (χ3v) is 4.33. The number of fused-ring (bicyclic) bond motifs is 1. The van der Waals surface area contributed by atoms with Crippen LogP contribution in [0.5, 0.6) is 0 Å². The number of halogens is 3. The summed E-state index contributed by atoms with van der Waals surface area (Å²) in [5, 5.41) is 0. The largest absolute Gasteiger partial charge is 0.416 e. The van der Waals surface area contributed by atoms with Crippen molar-refractivity contribution in [1.82, 2.24) is 14.5 Å². The molecule has 2 heterocycles. The van der Waals surface area contributed by atoms with E-state index in [9.17, 15) is 18.0 Å². The first-order valence-corrected chi connectivity index (χ1v) is 8.52. The average Bonchev–Trinajstić information content (AvgIpc) is 2.69. The van der Waals surface area contributed by atoms with E-state index < -0.39 is 17.3 Å². The van der Waals surface area contributed by atoms with Crippen molar-refractivity contribution in [2.75, 3.05) is 0 Å². The molecule has 4 aromatic rings. The van der Waals surface area contributed by atoms with Crippen molar-refractivity contribution in [1.29, 1.82) is 0 Å². The molecule has 4 nitrogen and oxygen atoms in total. The molecule has 28 heavy (non-hydrogen) atoms. The maximum absolute atomic E-state index is 13.1. The molecular weight excluding hydrogens is 367 g/mol. The quantitative estimate of drug-likeness (QED) is 0.529. The summed E-state index contributed by atoms with van der Waals surface area (Å²) in [5.74, 6) is 0. The van der Waals surface area contributed by atoms with Crippen molar-refractivity contribution in [3.8, 4) is 5.69 Å². The second-order valence-electron chi connectivity index (χ2n) is 6.26. The van der Waals surface area contributed by atoms with Gasteiger partial charge in [-0.3, -0.25) is 9.36 Å². The predicted octanol–water partition coefficient (Wildman–Crippen LogP) is 4.39. The van der Waals surface area contributed by atoms with Crippen molar-refractivity contribution in [3.05, 3.63) is 100 Å². The van der Waals surface area contributed by atoms with Crippen molar-refractivity contribution in [3.63, 3.8) is 0 Å². The highest BCUT2D eigenvalue weighted by Crippen LogP contribution is 2.30. The van der Waals surface area contributed by atoms with E-state index >= 15 is 0 Å². The number of rotatable bonds is 3. The van der Waals surface area contributed by atoms with Crippen molar-refractivity contribution < 1.29 is 13.2 Å². The van der Waals surface area contributed by atoms with Crippen LogP contribution >= 0.6 is 0 Å². The first kappa shape index (κ1) is 17.9. The molecule has 0 aliphatic carbocycles. The van der Waals surface area contributed by atoms with Gasteiger partial charge in [-0.2, -0.15) is 13.2 Å². The molecule has 0 saturated heterocycles. The van der Waals surface area contributed by atoms with Crippen LogP contribution in [0.15, 0.2) is 77.7 Å². The zero-order valence-electron chi connectivity index (χ0n) is 14.5. The van der Waals surface area contributed by atoms with Gasteiger partial charge in [-0.1, -0.05) is 36.4 Å². The summed E-state index contributed by atoms with van der Waals surface area (Å²) in [5.41, 5.74) is 0.543. The van der Waals surface area contributed by atoms with Gasteiger partial charge in [-0.15, -0.1) is 0 Å². The number of alkyl halides is 3. The minimum Gasteiger partial charge on any atom is -0.267 e. The van der Waals surface area contributed by atoms with Crippen molar-refractivity contribution >= 4 is 11.2 Å². The number of benzene rings is 2. The second kappa shape index (κ2) is 6.92. The molecule has 0 unspecified atom stereocenters. The van der Waals surface area contributed by atoms with Crippen molar-refractivity contribution in [2.45, 2.75) is 12.6 Å². The van der Waals surface area contributed by atoms with Gasteiger partial charge < -0.3 is 0 Å². The zero-order chi connectivity index (χ0) is 19.7.